The van der Waals surface area contributed by atoms with E-state index in [-0.39, 0.29) is 17.3 Å². The fourth-order valence-electron chi connectivity index (χ4n) is 6.05. The number of nitrogens with zero attached hydrogens (tertiary/aromatic N) is 8. The van der Waals surface area contributed by atoms with Crippen molar-refractivity contribution in [1.29, 1.82) is 0 Å². The topological polar surface area (TPSA) is 165 Å². The van der Waals surface area contributed by atoms with E-state index in [1.165, 1.54) is 4.90 Å². The second-order valence-electron chi connectivity index (χ2n) is 15.5. The molecular formula is C36H47N9O5SSi. The molecule has 5 heterocycles. The van der Waals surface area contributed by atoms with Gasteiger partial charge in [0.1, 0.15) is 18.7 Å². The van der Waals surface area contributed by atoms with Crippen molar-refractivity contribution in [2.45, 2.75) is 78.5 Å². The van der Waals surface area contributed by atoms with Crippen LogP contribution in [0.5, 0.6) is 0 Å². The van der Waals surface area contributed by atoms with Gasteiger partial charge in [0.05, 0.1) is 22.3 Å². The number of carbonyl (C=O) groups is 2. The van der Waals surface area contributed by atoms with Crippen LogP contribution < -0.4 is 10.2 Å². The summed E-state index contributed by atoms with van der Waals surface area (Å²) in [6.07, 6.45) is 2.56. The van der Waals surface area contributed by atoms with Crippen molar-refractivity contribution >= 4 is 47.6 Å². The molecule has 2 N–H and O–H groups in total. The molecule has 14 nitrogen and oxygen atoms in total. The van der Waals surface area contributed by atoms with Gasteiger partial charge >= 0.3 is 17.9 Å². The van der Waals surface area contributed by atoms with Crippen LogP contribution >= 0.6 is 11.3 Å². The Hall–Kier alpha value is -4.67. The van der Waals surface area contributed by atoms with Crippen LogP contribution in [0.15, 0.2) is 41.3 Å². The Morgan fingerprint density at radius 1 is 1.10 bits per heavy atom. The molecule has 1 unspecified atom stereocenters. The van der Waals surface area contributed by atoms with Gasteiger partial charge in [-0.25, -0.2) is 19.7 Å². The minimum Gasteiger partial charge on any atom is -0.465 e. The molecule has 0 radical (unpaired) electrons. The van der Waals surface area contributed by atoms with Crippen LogP contribution in [0.3, 0.4) is 0 Å². The van der Waals surface area contributed by atoms with Crippen LogP contribution in [0.1, 0.15) is 61.4 Å². The largest absolute Gasteiger partial charge is 0.465 e. The Kier molecular flexibility index (Phi) is 10.5. The lowest BCUT2D eigenvalue weighted by molar-refractivity contribution is 0.0894. The number of rotatable bonds is 11. The zero-order chi connectivity index (χ0) is 37.4. The lowest BCUT2D eigenvalue weighted by Gasteiger charge is -2.32. The summed E-state index contributed by atoms with van der Waals surface area (Å²) in [5.74, 6) is -0.0110. The number of aromatic nitrogens is 6. The number of hydrogen-bond donors (Lipinski definition) is 2. The second-order valence-corrected chi connectivity index (χ2v) is 22.1. The molecule has 0 aliphatic carbocycles. The zero-order valence-electron chi connectivity index (χ0n) is 31.1. The molecule has 5 aromatic rings. The molecule has 0 saturated carbocycles. The number of hydrogen-bond acceptors (Lipinski definition) is 11. The Morgan fingerprint density at radius 3 is 2.50 bits per heavy atom. The predicted molar refractivity (Wildman–Crippen MR) is 204 cm³/mol. The maximum absolute atomic E-state index is 13.0. The summed E-state index contributed by atoms with van der Waals surface area (Å²) in [5, 5.41) is 18.1. The molecule has 1 aromatic carbocycles. The van der Waals surface area contributed by atoms with Crippen LogP contribution in [0, 0.1) is 6.92 Å². The first-order valence-corrected chi connectivity index (χ1v) is 22.0. The molecule has 1 aliphatic rings. The van der Waals surface area contributed by atoms with E-state index >= 15 is 0 Å². The van der Waals surface area contributed by atoms with Crippen molar-refractivity contribution in [3.8, 4) is 21.8 Å². The fourth-order valence-corrected chi connectivity index (χ4v) is 7.80. The molecule has 4 aromatic heterocycles. The van der Waals surface area contributed by atoms with E-state index in [0.717, 1.165) is 55.2 Å². The number of amides is 2. The Labute approximate surface area is 308 Å². The molecule has 1 atom stereocenters. The third kappa shape index (κ3) is 8.18. The minimum absolute atomic E-state index is 0.0620. The first kappa shape index (κ1) is 37.1. The molecule has 276 valence electrons. The number of piperazine rings is 1. The van der Waals surface area contributed by atoms with Gasteiger partial charge in [-0.05, 0) is 43.2 Å². The van der Waals surface area contributed by atoms with E-state index in [1.807, 2.05) is 52.9 Å². The molecule has 1 aliphatic heterocycles. The van der Waals surface area contributed by atoms with Gasteiger partial charge in [0.25, 0.3) is 0 Å². The van der Waals surface area contributed by atoms with Gasteiger partial charge in [0, 0.05) is 63.4 Å². The van der Waals surface area contributed by atoms with E-state index in [1.54, 1.807) is 17.7 Å². The highest BCUT2D eigenvalue weighted by atomic mass is 32.1. The molecule has 0 bridgehead atoms. The molecule has 6 rings (SSSR count). The second kappa shape index (κ2) is 14.8. The van der Waals surface area contributed by atoms with Crippen LogP contribution in [-0.4, -0.2) is 92.5 Å². The SMILES string of the molecule is Cc1cc(-c2ncnc3c2cc(-c2cnc(N4CCN(C(=O)O)CC4)s2)n3COCC[Si](C)(C)C)ccc1C(C)NC(=O)c1nc(C(C)(C)C)no1. The highest BCUT2D eigenvalue weighted by molar-refractivity contribution is 7.18. The number of thiazole rings is 1. The third-order valence-electron chi connectivity index (χ3n) is 9.12. The van der Waals surface area contributed by atoms with Gasteiger partial charge in [0.15, 0.2) is 11.0 Å². The average molecular weight is 746 g/mol. The highest BCUT2D eigenvalue weighted by Crippen LogP contribution is 2.38. The number of carboxylic acid groups (broad SMARTS) is 1. The summed E-state index contributed by atoms with van der Waals surface area (Å²) >= 11 is 1.57. The molecule has 0 spiro atoms. The normalized spacial score (nSPS) is 14.6. The molecular weight excluding hydrogens is 699 g/mol. The Morgan fingerprint density at radius 2 is 1.85 bits per heavy atom. The first-order valence-electron chi connectivity index (χ1n) is 17.5. The quantitative estimate of drug-likeness (QED) is 0.108. The van der Waals surface area contributed by atoms with Crippen LogP contribution in [-0.2, 0) is 16.9 Å². The third-order valence-corrected chi connectivity index (χ3v) is 11.9. The number of carbonyl (C=O) groups excluding carboxylic acids is 1. The van der Waals surface area contributed by atoms with E-state index in [9.17, 15) is 14.7 Å². The number of benzene rings is 1. The average Bonchev–Trinajstić information content (AvgIpc) is 3.85. The van der Waals surface area contributed by atoms with Crippen LogP contribution in [0.4, 0.5) is 9.93 Å². The summed E-state index contributed by atoms with van der Waals surface area (Å²) in [5.41, 5.74) is 5.00. The van der Waals surface area contributed by atoms with Gasteiger partial charge < -0.3 is 34.1 Å². The standard InChI is InChI=1S/C36H47N9O5SSi/c1-22-17-24(9-10-25(22)23(2)40-31(46)32-41-33(42-50-32)36(3,4)5)29-26-18-27(45(30(26)39-20-38-29)21-49-15-16-52(6,7)8)28-19-37-34(51-28)43-11-13-44(14-12-43)35(47)48/h9-10,17-20,23H,11-16,21H2,1-8H3,(H,40,46)(H,47,48). The Balaban J connectivity index is 1.28. The van der Waals surface area contributed by atoms with Crippen molar-refractivity contribution in [3.63, 3.8) is 0 Å². The molecule has 52 heavy (non-hydrogen) atoms. The minimum atomic E-state index is -1.29. The van der Waals surface area contributed by atoms with Gasteiger partial charge in [0.2, 0.25) is 0 Å². The number of fused-ring (bicyclic) bond motifs is 1. The summed E-state index contributed by atoms with van der Waals surface area (Å²) in [4.78, 5) is 47.5. The van der Waals surface area contributed by atoms with E-state index in [2.05, 4.69) is 56.7 Å². The van der Waals surface area contributed by atoms with Crippen molar-refractivity contribution in [3.05, 3.63) is 59.6 Å². The van der Waals surface area contributed by atoms with Gasteiger partial charge in [-0.2, -0.15) is 4.98 Å². The van der Waals surface area contributed by atoms with Crippen molar-refractivity contribution in [1.82, 2.24) is 39.9 Å². The smallest absolute Gasteiger partial charge is 0.407 e. The van der Waals surface area contributed by atoms with Gasteiger partial charge in [-0.15, -0.1) is 0 Å². The van der Waals surface area contributed by atoms with Crippen molar-refractivity contribution in [2.75, 3.05) is 37.7 Å². The summed E-state index contributed by atoms with van der Waals surface area (Å²) in [6.45, 7) is 19.9. The summed E-state index contributed by atoms with van der Waals surface area (Å²) < 4.78 is 13.6. The molecule has 1 fully saturated rings. The fraction of sp³-hybridized carbons (Fsp3) is 0.472. The lowest BCUT2D eigenvalue weighted by atomic mass is 9.96. The van der Waals surface area contributed by atoms with E-state index in [4.69, 9.17) is 24.2 Å². The van der Waals surface area contributed by atoms with Crippen molar-refractivity contribution in [2.24, 2.45) is 0 Å². The maximum atomic E-state index is 13.0. The summed E-state index contributed by atoms with van der Waals surface area (Å²) in [7, 11) is -1.29. The number of aryl methyl sites for hydroxylation is 1. The summed E-state index contributed by atoms with van der Waals surface area (Å²) in [6, 6.07) is 8.94. The molecule has 1 saturated heterocycles. The van der Waals surface area contributed by atoms with Gasteiger partial charge in [-0.3, -0.25) is 4.79 Å². The molecule has 16 heteroatoms. The zero-order valence-corrected chi connectivity index (χ0v) is 32.9. The highest BCUT2D eigenvalue weighted by Gasteiger charge is 2.27. The maximum Gasteiger partial charge on any atom is 0.407 e. The van der Waals surface area contributed by atoms with E-state index in [0.29, 0.717) is 45.3 Å². The van der Waals surface area contributed by atoms with Crippen LogP contribution in [0.25, 0.3) is 32.9 Å². The van der Waals surface area contributed by atoms with Gasteiger partial charge in [-0.1, -0.05) is 69.0 Å². The Bertz CT molecular complexity index is 2070. The van der Waals surface area contributed by atoms with E-state index < -0.39 is 20.1 Å². The number of ether oxygens (including phenoxy) is 1. The lowest BCUT2D eigenvalue weighted by Crippen LogP contribution is -2.48. The van der Waals surface area contributed by atoms with Crippen LogP contribution in [0.2, 0.25) is 25.7 Å². The number of anilines is 1. The van der Waals surface area contributed by atoms with Crippen molar-refractivity contribution < 1.29 is 24.0 Å². The monoisotopic (exact) mass is 745 g/mol. The first-order chi connectivity index (χ1) is 24.6. The molecule has 2 amide bonds. The predicted octanol–water partition coefficient (Wildman–Crippen LogP) is 6.81. The number of nitrogens with one attached hydrogen (secondary N) is 1.